The van der Waals surface area contributed by atoms with Crippen molar-refractivity contribution >= 4 is 5.97 Å². The fourth-order valence-electron chi connectivity index (χ4n) is 1.86. The Labute approximate surface area is 102 Å². The molecule has 0 aromatic heterocycles. The molecule has 0 aliphatic carbocycles. The fraction of sp³-hybridized carbons (Fsp3) is 0.500. The van der Waals surface area contributed by atoms with Gasteiger partial charge in [0.2, 0.25) is 0 Å². The predicted octanol–water partition coefficient (Wildman–Crippen LogP) is 2.56. The highest BCUT2D eigenvalue weighted by Gasteiger charge is 2.31. The molecule has 0 bridgehead atoms. The Morgan fingerprint density at radius 1 is 1.29 bits per heavy atom. The predicted molar refractivity (Wildman–Crippen MR) is 66.4 cm³/mol. The zero-order valence-electron chi connectivity index (χ0n) is 10.6. The Bertz CT molecular complexity index is 346. The van der Waals surface area contributed by atoms with Gasteiger partial charge in [0.05, 0.1) is 18.6 Å². The molecule has 2 atom stereocenters. The van der Waals surface area contributed by atoms with Gasteiger partial charge in [0.15, 0.2) is 0 Å². The van der Waals surface area contributed by atoms with Crippen LogP contribution in [0.25, 0.3) is 0 Å². The quantitative estimate of drug-likeness (QED) is 0.799. The first-order valence-corrected chi connectivity index (χ1v) is 5.97. The third-order valence-corrected chi connectivity index (χ3v) is 2.76. The summed E-state index contributed by atoms with van der Waals surface area (Å²) in [6, 6.07) is 9.21. The van der Waals surface area contributed by atoms with Crippen molar-refractivity contribution < 1.29 is 14.6 Å². The smallest absolute Gasteiger partial charge is 0.312 e. The van der Waals surface area contributed by atoms with E-state index in [4.69, 9.17) is 4.74 Å². The minimum absolute atomic E-state index is 0.0317. The lowest BCUT2D eigenvalue weighted by Gasteiger charge is -2.24. The summed E-state index contributed by atoms with van der Waals surface area (Å²) in [5.41, 5.74) is 0.749. The van der Waals surface area contributed by atoms with Crippen LogP contribution in [0, 0.1) is 11.8 Å². The molecule has 1 aromatic rings. The van der Waals surface area contributed by atoms with E-state index in [1.165, 1.54) is 0 Å². The molecule has 3 heteroatoms. The van der Waals surface area contributed by atoms with E-state index >= 15 is 0 Å². The van der Waals surface area contributed by atoms with Crippen molar-refractivity contribution in [2.45, 2.75) is 26.9 Å². The van der Waals surface area contributed by atoms with E-state index in [1.54, 1.807) is 6.92 Å². The summed E-state index contributed by atoms with van der Waals surface area (Å²) in [7, 11) is 0. The zero-order valence-corrected chi connectivity index (χ0v) is 10.6. The van der Waals surface area contributed by atoms with E-state index in [0.717, 1.165) is 5.56 Å². The number of benzene rings is 1. The van der Waals surface area contributed by atoms with Gasteiger partial charge in [-0.3, -0.25) is 4.79 Å². The first-order valence-electron chi connectivity index (χ1n) is 5.97. The van der Waals surface area contributed by atoms with Crippen LogP contribution in [0.5, 0.6) is 0 Å². The molecule has 3 nitrogen and oxygen atoms in total. The average molecular weight is 236 g/mol. The molecule has 0 aliphatic heterocycles. The maximum absolute atomic E-state index is 11.8. The number of aliphatic hydroxyl groups excluding tert-OH is 1. The molecule has 0 amide bonds. The number of esters is 1. The van der Waals surface area contributed by atoms with Crippen LogP contribution < -0.4 is 0 Å². The Morgan fingerprint density at radius 2 is 1.88 bits per heavy atom. The van der Waals surface area contributed by atoms with E-state index in [0.29, 0.717) is 6.61 Å². The van der Waals surface area contributed by atoms with Crippen LogP contribution in [0.15, 0.2) is 30.3 Å². The summed E-state index contributed by atoms with van der Waals surface area (Å²) in [5.74, 6) is -0.819. The van der Waals surface area contributed by atoms with E-state index in [2.05, 4.69) is 0 Å². The number of hydrogen-bond donors (Lipinski definition) is 1. The van der Waals surface area contributed by atoms with Gasteiger partial charge >= 0.3 is 5.97 Å². The highest BCUT2D eigenvalue weighted by molar-refractivity contribution is 5.73. The molecule has 0 saturated heterocycles. The van der Waals surface area contributed by atoms with Crippen molar-refractivity contribution in [1.82, 2.24) is 0 Å². The number of hydrogen-bond acceptors (Lipinski definition) is 3. The lowest BCUT2D eigenvalue weighted by atomic mass is 9.86. The Morgan fingerprint density at radius 3 is 2.35 bits per heavy atom. The van der Waals surface area contributed by atoms with Gasteiger partial charge < -0.3 is 9.84 Å². The van der Waals surface area contributed by atoms with Crippen molar-refractivity contribution in [3.8, 4) is 0 Å². The average Bonchev–Trinajstić information content (AvgIpc) is 2.30. The van der Waals surface area contributed by atoms with E-state index in [1.807, 2.05) is 44.2 Å². The zero-order chi connectivity index (χ0) is 12.8. The summed E-state index contributed by atoms with van der Waals surface area (Å²) in [4.78, 5) is 11.8. The van der Waals surface area contributed by atoms with E-state index in [9.17, 15) is 9.90 Å². The molecule has 0 aliphatic rings. The number of aliphatic hydroxyl groups is 1. The van der Waals surface area contributed by atoms with Gasteiger partial charge in [-0.2, -0.15) is 0 Å². The third kappa shape index (κ3) is 3.56. The minimum atomic E-state index is -0.810. The van der Waals surface area contributed by atoms with Crippen molar-refractivity contribution in [2.75, 3.05) is 6.61 Å². The minimum Gasteiger partial charge on any atom is -0.466 e. The van der Waals surface area contributed by atoms with Gasteiger partial charge in [0.25, 0.3) is 0 Å². The van der Waals surface area contributed by atoms with Crippen molar-refractivity contribution in [3.63, 3.8) is 0 Å². The fourth-order valence-corrected chi connectivity index (χ4v) is 1.86. The summed E-state index contributed by atoms with van der Waals surface area (Å²) in [6.07, 6.45) is -0.810. The number of rotatable bonds is 5. The second-order valence-electron chi connectivity index (χ2n) is 4.38. The van der Waals surface area contributed by atoms with Crippen molar-refractivity contribution in [3.05, 3.63) is 35.9 Å². The third-order valence-electron chi connectivity index (χ3n) is 2.76. The van der Waals surface area contributed by atoms with Crippen LogP contribution >= 0.6 is 0 Å². The highest BCUT2D eigenvalue weighted by atomic mass is 16.5. The summed E-state index contributed by atoms with van der Waals surface area (Å²) in [6.45, 7) is 5.93. The van der Waals surface area contributed by atoms with Gasteiger partial charge in [-0.15, -0.1) is 0 Å². The first-order chi connectivity index (χ1) is 8.07. The number of carbonyl (C=O) groups excluding carboxylic acids is 1. The number of ether oxygens (including phenoxy) is 1. The molecular weight excluding hydrogens is 216 g/mol. The molecule has 0 radical (unpaired) electrons. The van der Waals surface area contributed by atoms with E-state index in [-0.39, 0.29) is 11.9 Å². The number of carbonyl (C=O) groups is 1. The van der Waals surface area contributed by atoms with Crippen LogP contribution in [0.1, 0.15) is 32.4 Å². The van der Waals surface area contributed by atoms with Gasteiger partial charge in [0.1, 0.15) is 0 Å². The Balaban J connectivity index is 2.88. The molecule has 94 valence electrons. The second-order valence-corrected chi connectivity index (χ2v) is 4.38. The molecule has 0 unspecified atom stereocenters. The normalized spacial score (nSPS) is 14.4. The second kappa shape index (κ2) is 6.40. The molecule has 17 heavy (non-hydrogen) atoms. The lowest BCUT2D eigenvalue weighted by Crippen LogP contribution is -2.29. The molecule has 1 aromatic carbocycles. The van der Waals surface area contributed by atoms with Crippen LogP contribution in [-0.4, -0.2) is 17.7 Å². The lowest BCUT2D eigenvalue weighted by molar-refractivity contribution is -0.154. The molecule has 0 saturated carbocycles. The maximum atomic E-state index is 11.8. The van der Waals surface area contributed by atoms with Gasteiger partial charge in [0, 0.05) is 0 Å². The topological polar surface area (TPSA) is 46.5 Å². The molecular formula is C14H20O3. The Kier molecular flexibility index (Phi) is 5.16. The summed E-state index contributed by atoms with van der Waals surface area (Å²) >= 11 is 0. The summed E-state index contributed by atoms with van der Waals surface area (Å²) < 4.78 is 5.01. The van der Waals surface area contributed by atoms with Crippen LogP contribution in [-0.2, 0) is 9.53 Å². The molecule has 0 fully saturated rings. The van der Waals surface area contributed by atoms with E-state index < -0.39 is 12.0 Å². The van der Waals surface area contributed by atoms with Crippen molar-refractivity contribution in [1.29, 1.82) is 0 Å². The van der Waals surface area contributed by atoms with Crippen LogP contribution in [0.2, 0.25) is 0 Å². The largest absolute Gasteiger partial charge is 0.466 e. The monoisotopic (exact) mass is 236 g/mol. The molecule has 1 rings (SSSR count). The summed E-state index contributed by atoms with van der Waals surface area (Å²) in [5, 5.41) is 10.2. The SMILES string of the molecule is CCOC(=O)[C@@H](C(C)C)[C@@H](O)c1ccccc1. The standard InChI is InChI=1S/C14H20O3/c1-4-17-14(16)12(10(2)3)13(15)11-8-6-5-7-9-11/h5-10,12-13,15H,4H2,1-3H3/t12-,13-/m0/s1. The highest BCUT2D eigenvalue weighted by Crippen LogP contribution is 2.29. The van der Waals surface area contributed by atoms with Gasteiger partial charge in [-0.05, 0) is 18.4 Å². The molecule has 0 heterocycles. The molecule has 1 N–H and O–H groups in total. The van der Waals surface area contributed by atoms with Crippen molar-refractivity contribution in [2.24, 2.45) is 11.8 Å². The van der Waals surface area contributed by atoms with Gasteiger partial charge in [-0.1, -0.05) is 44.2 Å². The van der Waals surface area contributed by atoms with Crippen LogP contribution in [0.4, 0.5) is 0 Å². The molecule has 0 spiro atoms. The Hall–Kier alpha value is -1.35. The van der Waals surface area contributed by atoms with Gasteiger partial charge in [-0.25, -0.2) is 0 Å². The van der Waals surface area contributed by atoms with Crippen LogP contribution in [0.3, 0.4) is 0 Å². The maximum Gasteiger partial charge on any atom is 0.312 e. The first kappa shape index (κ1) is 13.7.